The normalized spacial score (nSPS) is 21.4. The third kappa shape index (κ3) is 3.30. The molecule has 5 rings (SSSR count). The molecule has 0 aromatic carbocycles. The highest BCUT2D eigenvalue weighted by Gasteiger charge is 2.26. The average Bonchev–Trinajstić information content (AvgIpc) is 3.45. The Labute approximate surface area is 163 Å². The molecule has 4 heterocycles. The van der Waals surface area contributed by atoms with Crippen molar-refractivity contribution >= 4 is 5.91 Å². The van der Waals surface area contributed by atoms with Crippen LogP contribution in [0.4, 0.5) is 0 Å². The number of nitrogens with zero attached hydrogens (tertiary/aromatic N) is 6. The van der Waals surface area contributed by atoms with Gasteiger partial charge in [-0.25, -0.2) is 0 Å². The highest BCUT2D eigenvalue weighted by Crippen LogP contribution is 2.29. The summed E-state index contributed by atoms with van der Waals surface area (Å²) in [6.45, 7) is 0.925. The van der Waals surface area contributed by atoms with Crippen molar-refractivity contribution in [1.82, 2.24) is 34.8 Å². The SMILES string of the molecule is O=C(NC1CCC(n2cc(-c3cnccn3)cn2)CC1)c1cc2n(n1)CCC2. The van der Waals surface area contributed by atoms with E-state index >= 15 is 0 Å². The number of carbonyl (C=O) groups excluding carboxylic acids is 1. The van der Waals surface area contributed by atoms with E-state index in [0.717, 1.165) is 56.3 Å². The number of hydrogen-bond acceptors (Lipinski definition) is 5. The number of fused-ring (bicyclic) bond motifs is 1. The summed E-state index contributed by atoms with van der Waals surface area (Å²) >= 11 is 0. The maximum absolute atomic E-state index is 12.5. The summed E-state index contributed by atoms with van der Waals surface area (Å²) in [5, 5.41) is 12.1. The van der Waals surface area contributed by atoms with Gasteiger partial charge in [-0.05, 0) is 44.6 Å². The maximum atomic E-state index is 12.5. The molecule has 1 aliphatic carbocycles. The summed E-state index contributed by atoms with van der Waals surface area (Å²) in [7, 11) is 0. The molecule has 0 radical (unpaired) electrons. The molecule has 144 valence electrons. The molecule has 1 fully saturated rings. The van der Waals surface area contributed by atoms with Crippen molar-refractivity contribution in [2.24, 2.45) is 0 Å². The molecule has 0 bridgehead atoms. The van der Waals surface area contributed by atoms with Crippen LogP contribution in [0.2, 0.25) is 0 Å². The predicted molar refractivity (Wildman–Crippen MR) is 103 cm³/mol. The molecule has 1 amide bonds. The lowest BCUT2D eigenvalue weighted by molar-refractivity contribution is 0.0915. The average molecular weight is 377 g/mol. The fraction of sp³-hybridized carbons (Fsp3) is 0.450. The van der Waals surface area contributed by atoms with Gasteiger partial charge in [-0.2, -0.15) is 10.2 Å². The highest BCUT2D eigenvalue weighted by atomic mass is 16.2. The molecule has 1 N–H and O–H groups in total. The molecule has 3 aromatic heterocycles. The topological polar surface area (TPSA) is 90.5 Å². The minimum absolute atomic E-state index is 0.0469. The van der Waals surface area contributed by atoms with E-state index in [0.29, 0.717) is 11.7 Å². The Hall–Kier alpha value is -3.03. The van der Waals surface area contributed by atoms with E-state index < -0.39 is 0 Å². The second-order valence-corrected chi connectivity index (χ2v) is 7.63. The van der Waals surface area contributed by atoms with E-state index in [-0.39, 0.29) is 11.9 Å². The fourth-order valence-corrected chi connectivity index (χ4v) is 4.23. The maximum Gasteiger partial charge on any atom is 0.272 e. The first-order chi connectivity index (χ1) is 13.8. The lowest BCUT2D eigenvalue weighted by Crippen LogP contribution is -2.38. The van der Waals surface area contributed by atoms with Gasteiger partial charge in [0, 0.05) is 42.4 Å². The van der Waals surface area contributed by atoms with Crippen molar-refractivity contribution in [1.29, 1.82) is 0 Å². The molecule has 0 saturated heterocycles. The molecule has 0 atom stereocenters. The molecule has 2 aliphatic rings. The number of hydrogen-bond donors (Lipinski definition) is 1. The first kappa shape index (κ1) is 17.1. The molecule has 0 spiro atoms. The van der Waals surface area contributed by atoms with Crippen molar-refractivity contribution in [3.63, 3.8) is 0 Å². The molecule has 8 nitrogen and oxygen atoms in total. The van der Waals surface area contributed by atoms with Crippen molar-refractivity contribution < 1.29 is 4.79 Å². The summed E-state index contributed by atoms with van der Waals surface area (Å²) < 4.78 is 3.99. The number of nitrogens with one attached hydrogen (secondary N) is 1. The molecule has 0 unspecified atom stereocenters. The monoisotopic (exact) mass is 377 g/mol. The van der Waals surface area contributed by atoms with Crippen LogP contribution in [0.5, 0.6) is 0 Å². The van der Waals surface area contributed by atoms with Crippen molar-refractivity contribution in [3.8, 4) is 11.3 Å². The summed E-state index contributed by atoms with van der Waals surface area (Å²) in [4.78, 5) is 21.0. The van der Waals surface area contributed by atoms with Gasteiger partial charge in [0.2, 0.25) is 0 Å². The molecular weight excluding hydrogens is 354 g/mol. The second-order valence-electron chi connectivity index (χ2n) is 7.63. The van der Waals surface area contributed by atoms with E-state index in [1.807, 2.05) is 27.8 Å². The molecular formula is C20H23N7O. The number of aromatic nitrogens is 6. The van der Waals surface area contributed by atoms with E-state index in [2.05, 4.69) is 25.5 Å². The summed E-state index contributed by atoms with van der Waals surface area (Å²) in [6.07, 6.45) is 15.0. The van der Waals surface area contributed by atoms with Crippen LogP contribution in [-0.2, 0) is 13.0 Å². The first-order valence-corrected chi connectivity index (χ1v) is 9.94. The van der Waals surface area contributed by atoms with Gasteiger partial charge in [-0.15, -0.1) is 0 Å². The number of carbonyl (C=O) groups is 1. The quantitative estimate of drug-likeness (QED) is 0.754. The lowest BCUT2D eigenvalue weighted by Gasteiger charge is -2.29. The zero-order valence-corrected chi connectivity index (χ0v) is 15.7. The van der Waals surface area contributed by atoms with Crippen LogP contribution >= 0.6 is 0 Å². The lowest BCUT2D eigenvalue weighted by atomic mass is 9.91. The van der Waals surface area contributed by atoms with Crippen LogP contribution in [0.15, 0.2) is 37.1 Å². The Morgan fingerprint density at radius 1 is 1.14 bits per heavy atom. The number of rotatable bonds is 4. The largest absolute Gasteiger partial charge is 0.348 e. The van der Waals surface area contributed by atoms with Gasteiger partial charge in [-0.3, -0.25) is 24.1 Å². The van der Waals surface area contributed by atoms with Gasteiger partial charge >= 0.3 is 0 Å². The third-order valence-electron chi connectivity index (χ3n) is 5.77. The number of aryl methyl sites for hydroxylation is 2. The summed E-state index contributed by atoms with van der Waals surface area (Å²) in [6, 6.07) is 2.50. The van der Waals surface area contributed by atoms with Gasteiger partial charge in [0.15, 0.2) is 0 Å². The van der Waals surface area contributed by atoms with Crippen LogP contribution in [0.25, 0.3) is 11.3 Å². The van der Waals surface area contributed by atoms with Crippen LogP contribution in [-0.4, -0.2) is 41.5 Å². The minimum atomic E-state index is -0.0469. The smallest absolute Gasteiger partial charge is 0.272 e. The van der Waals surface area contributed by atoms with E-state index in [1.54, 1.807) is 18.6 Å². The van der Waals surface area contributed by atoms with Crippen LogP contribution < -0.4 is 5.32 Å². The molecule has 1 aliphatic heterocycles. The van der Waals surface area contributed by atoms with Gasteiger partial charge < -0.3 is 5.32 Å². The van der Waals surface area contributed by atoms with Crippen LogP contribution in [0.1, 0.15) is 54.3 Å². The Morgan fingerprint density at radius 3 is 2.82 bits per heavy atom. The van der Waals surface area contributed by atoms with Crippen LogP contribution in [0.3, 0.4) is 0 Å². The fourth-order valence-electron chi connectivity index (χ4n) is 4.23. The molecule has 28 heavy (non-hydrogen) atoms. The van der Waals surface area contributed by atoms with Gasteiger partial charge in [0.25, 0.3) is 5.91 Å². The molecule has 8 heteroatoms. The molecule has 3 aromatic rings. The minimum Gasteiger partial charge on any atom is -0.348 e. The zero-order chi connectivity index (χ0) is 18.9. The zero-order valence-electron chi connectivity index (χ0n) is 15.7. The van der Waals surface area contributed by atoms with Crippen molar-refractivity contribution in [2.45, 2.75) is 57.2 Å². The Kier molecular flexibility index (Phi) is 4.38. The Morgan fingerprint density at radius 2 is 2.04 bits per heavy atom. The Balaban J connectivity index is 1.17. The Bertz CT molecular complexity index is 948. The second kappa shape index (κ2) is 7.18. The van der Waals surface area contributed by atoms with E-state index in [1.165, 1.54) is 5.69 Å². The molecule has 1 saturated carbocycles. The summed E-state index contributed by atoms with van der Waals surface area (Å²) in [5.74, 6) is -0.0469. The van der Waals surface area contributed by atoms with E-state index in [4.69, 9.17) is 0 Å². The van der Waals surface area contributed by atoms with Gasteiger partial charge in [0.05, 0.1) is 24.1 Å². The first-order valence-electron chi connectivity index (χ1n) is 9.94. The predicted octanol–water partition coefficient (Wildman–Crippen LogP) is 2.40. The van der Waals surface area contributed by atoms with Crippen LogP contribution in [0, 0.1) is 0 Å². The van der Waals surface area contributed by atoms with Gasteiger partial charge in [0.1, 0.15) is 5.69 Å². The van der Waals surface area contributed by atoms with Gasteiger partial charge in [-0.1, -0.05) is 0 Å². The third-order valence-corrected chi connectivity index (χ3v) is 5.77. The van der Waals surface area contributed by atoms with Crippen molar-refractivity contribution in [2.75, 3.05) is 0 Å². The standard InChI is InChI=1S/C20H23N7O/c28-20(18-10-17-2-1-9-26(17)25-18)24-15-3-5-16(6-4-15)27-13-14(11-23-27)19-12-21-7-8-22-19/h7-8,10-13,15-16H,1-6,9H2,(H,24,28). The highest BCUT2D eigenvalue weighted by molar-refractivity contribution is 5.92. The van der Waals surface area contributed by atoms with Crippen molar-refractivity contribution in [3.05, 3.63) is 48.4 Å². The van der Waals surface area contributed by atoms with E-state index in [9.17, 15) is 4.79 Å². The number of amides is 1. The summed E-state index contributed by atoms with van der Waals surface area (Å²) in [5.41, 5.74) is 3.54.